The first kappa shape index (κ1) is 14.1. The van der Waals surface area contributed by atoms with E-state index in [0.29, 0.717) is 12.2 Å². The fourth-order valence-electron chi connectivity index (χ4n) is 3.58. The van der Waals surface area contributed by atoms with Gasteiger partial charge in [-0.05, 0) is 43.5 Å². The minimum atomic E-state index is -0.169. The van der Waals surface area contributed by atoms with Gasteiger partial charge in [0.05, 0.1) is 5.41 Å². The van der Waals surface area contributed by atoms with Crippen LogP contribution in [0.25, 0.3) is 0 Å². The zero-order valence-corrected chi connectivity index (χ0v) is 13.5. The van der Waals surface area contributed by atoms with E-state index in [9.17, 15) is 4.79 Å². The molecule has 108 valence electrons. The lowest BCUT2D eigenvalue weighted by atomic mass is 9.60. The van der Waals surface area contributed by atoms with Gasteiger partial charge in [-0.2, -0.15) is 0 Å². The van der Waals surface area contributed by atoms with Crippen LogP contribution in [0.2, 0.25) is 0 Å². The summed E-state index contributed by atoms with van der Waals surface area (Å²) in [5, 5.41) is 0. The van der Waals surface area contributed by atoms with E-state index in [-0.39, 0.29) is 11.5 Å². The van der Waals surface area contributed by atoms with Gasteiger partial charge in [0.25, 0.3) is 0 Å². The Morgan fingerprint density at radius 1 is 1.20 bits per heavy atom. The standard InChI is InChI=1S/C17H21BrO2/c1-12-10-13(6-7-14(12)18)20-16-11-15(19)17(16)8-4-2-3-5-9-17/h6-7,10,16H,2-5,8-9,11H2,1H3. The summed E-state index contributed by atoms with van der Waals surface area (Å²) in [4.78, 5) is 12.2. The first-order valence-electron chi connectivity index (χ1n) is 7.58. The average Bonchev–Trinajstić information content (AvgIpc) is 2.70. The fourth-order valence-corrected chi connectivity index (χ4v) is 3.83. The third-order valence-corrected chi connectivity index (χ3v) is 5.84. The van der Waals surface area contributed by atoms with Crippen LogP contribution in [0, 0.1) is 12.3 Å². The summed E-state index contributed by atoms with van der Waals surface area (Å²) in [6.45, 7) is 2.06. The minimum Gasteiger partial charge on any atom is -0.489 e. The van der Waals surface area contributed by atoms with Crippen molar-refractivity contribution in [2.75, 3.05) is 0 Å². The number of carbonyl (C=O) groups is 1. The molecule has 0 saturated heterocycles. The summed E-state index contributed by atoms with van der Waals surface area (Å²) in [7, 11) is 0. The summed E-state index contributed by atoms with van der Waals surface area (Å²) in [6, 6.07) is 6.06. The Labute approximate surface area is 129 Å². The molecule has 20 heavy (non-hydrogen) atoms. The number of ketones is 1. The molecule has 1 unspecified atom stereocenters. The second-order valence-electron chi connectivity index (χ2n) is 6.22. The van der Waals surface area contributed by atoms with Crippen LogP contribution < -0.4 is 4.74 Å². The van der Waals surface area contributed by atoms with Crippen LogP contribution in [0.4, 0.5) is 0 Å². The Bertz CT molecular complexity index is 516. The maximum absolute atomic E-state index is 12.2. The molecule has 0 bridgehead atoms. The van der Waals surface area contributed by atoms with Crippen molar-refractivity contribution in [3.8, 4) is 5.75 Å². The zero-order chi connectivity index (χ0) is 14.2. The third kappa shape index (κ3) is 2.41. The molecule has 0 amide bonds. The number of Topliss-reactive ketones (excluding diaryl/α,β-unsaturated/α-hetero) is 1. The number of hydrogen-bond acceptors (Lipinski definition) is 2. The molecule has 3 heteroatoms. The van der Waals surface area contributed by atoms with Crippen molar-refractivity contribution in [3.05, 3.63) is 28.2 Å². The topological polar surface area (TPSA) is 26.3 Å². The van der Waals surface area contributed by atoms with Gasteiger partial charge in [-0.1, -0.05) is 41.6 Å². The summed E-state index contributed by atoms with van der Waals surface area (Å²) in [6.07, 6.45) is 7.59. The van der Waals surface area contributed by atoms with Gasteiger partial charge in [-0.15, -0.1) is 0 Å². The first-order chi connectivity index (χ1) is 9.62. The predicted molar refractivity (Wildman–Crippen MR) is 83.1 cm³/mol. The monoisotopic (exact) mass is 336 g/mol. The number of hydrogen-bond donors (Lipinski definition) is 0. The number of ether oxygens (including phenoxy) is 1. The Hall–Kier alpha value is -0.830. The summed E-state index contributed by atoms with van der Waals surface area (Å²) in [5.74, 6) is 1.32. The summed E-state index contributed by atoms with van der Waals surface area (Å²) < 4.78 is 7.26. The van der Waals surface area contributed by atoms with E-state index in [1.165, 1.54) is 31.2 Å². The average molecular weight is 337 g/mol. The molecule has 2 nitrogen and oxygen atoms in total. The second-order valence-corrected chi connectivity index (χ2v) is 7.07. The SMILES string of the molecule is Cc1cc(OC2CC(=O)C23CCCCCC3)ccc1Br. The highest BCUT2D eigenvalue weighted by molar-refractivity contribution is 9.10. The third-order valence-electron chi connectivity index (χ3n) is 4.95. The summed E-state index contributed by atoms with van der Waals surface area (Å²) >= 11 is 3.51. The van der Waals surface area contributed by atoms with E-state index in [2.05, 4.69) is 28.9 Å². The molecule has 0 aliphatic heterocycles. The minimum absolute atomic E-state index is 0.0914. The van der Waals surface area contributed by atoms with Crippen molar-refractivity contribution in [1.82, 2.24) is 0 Å². The zero-order valence-electron chi connectivity index (χ0n) is 12.0. The molecule has 0 heterocycles. The lowest BCUT2D eigenvalue weighted by Crippen LogP contribution is -2.56. The van der Waals surface area contributed by atoms with Crippen LogP contribution in [0.3, 0.4) is 0 Å². The van der Waals surface area contributed by atoms with Crippen molar-refractivity contribution in [3.63, 3.8) is 0 Å². The van der Waals surface area contributed by atoms with E-state index in [0.717, 1.165) is 23.1 Å². The molecular formula is C17H21BrO2. The van der Waals surface area contributed by atoms with Crippen LogP contribution >= 0.6 is 15.9 Å². The van der Waals surface area contributed by atoms with Gasteiger partial charge in [0, 0.05) is 10.9 Å². The van der Waals surface area contributed by atoms with E-state index >= 15 is 0 Å². The molecule has 2 saturated carbocycles. The highest BCUT2D eigenvalue weighted by atomic mass is 79.9. The molecular weight excluding hydrogens is 316 g/mol. The largest absolute Gasteiger partial charge is 0.489 e. The van der Waals surface area contributed by atoms with Crippen LogP contribution in [0.5, 0.6) is 5.75 Å². The molecule has 0 aromatic heterocycles. The molecule has 2 fully saturated rings. The van der Waals surface area contributed by atoms with Crippen molar-refractivity contribution in [1.29, 1.82) is 0 Å². The van der Waals surface area contributed by atoms with Gasteiger partial charge in [0.15, 0.2) is 0 Å². The Morgan fingerprint density at radius 2 is 1.90 bits per heavy atom. The maximum Gasteiger partial charge on any atom is 0.146 e. The molecule has 2 aliphatic rings. The Balaban J connectivity index is 1.76. The van der Waals surface area contributed by atoms with E-state index < -0.39 is 0 Å². The predicted octanol–water partition coefficient (Wildman–Crippen LogP) is 4.82. The van der Waals surface area contributed by atoms with Crippen molar-refractivity contribution in [2.24, 2.45) is 5.41 Å². The lowest BCUT2D eigenvalue weighted by Gasteiger charge is -2.47. The van der Waals surface area contributed by atoms with E-state index in [1.807, 2.05) is 12.1 Å². The number of rotatable bonds is 2. The number of halogens is 1. The normalized spacial score (nSPS) is 25.1. The fraction of sp³-hybridized carbons (Fsp3) is 0.588. The smallest absolute Gasteiger partial charge is 0.146 e. The molecule has 3 rings (SSSR count). The van der Waals surface area contributed by atoms with Crippen molar-refractivity contribution >= 4 is 21.7 Å². The van der Waals surface area contributed by atoms with Gasteiger partial charge in [-0.3, -0.25) is 4.79 Å². The molecule has 1 aromatic carbocycles. The molecule has 1 atom stereocenters. The molecule has 0 radical (unpaired) electrons. The van der Waals surface area contributed by atoms with Gasteiger partial charge >= 0.3 is 0 Å². The summed E-state index contributed by atoms with van der Waals surface area (Å²) in [5.41, 5.74) is 1.00. The first-order valence-corrected chi connectivity index (χ1v) is 8.37. The quantitative estimate of drug-likeness (QED) is 0.773. The molecule has 1 aromatic rings. The molecule has 1 spiro atoms. The Morgan fingerprint density at radius 3 is 2.50 bits per heavy atom. The maximum atomic E-state index is 12.2. The highest BCUT2D eigenvalue weighted by Crippen LogP contribution is 2.49. The van der Waals surface area contributed by atoms with Gasteiger partial charge in [0.2, 0.25) is 0 Å². The van der Waals surface area contributed by atoms with Crippen LogP contribution in [0.15, 0.2) is 22.7 Å². The van der Waals surface area contributed by atoms with Gasteiger partial charge in [0.1, 0.15) is 17.6 Å². The number of aryl methyl sites for hydroxylation is 1. The van der Waals surface area contributed by atoms with Gasteiger partial charge in [-0.25, -0.2) is 0 Å². The number of benzene rings is 1. The van der Waals surface area contributed by atoms with Crippen LogP contribution in [0.1, 0.15) is 50.5 Å². The Kier molecular flexibility index (Phi) is 3.89. The second kappa shape index (κ2) is 5.51. The van der Waals surface area contributed by atoms with E-state index in [4.69, 9.17) is 4.74 Å². The van der Waals surface area contributed by atoms with Crippen molar-refractivity contribution in [2.45, 2.75) is 58.0 Å². The van der Waals surface area contributed by atoms with E-state index in [1.54, 1.807) is 0 Å². The van der Waals surface area contributed by atoms with Crippen LogP contribution in [-0.2, 0) is 4.79 Å². The van der Waals surface area contributed by atoms with Crippen LogP contribution in [-0.4, -0.2) is 11.9 Å². The highest BCUT2D eigenvalue weighted by Gasteiger charge is 2.55. The van der Waals surface area contributed by atoms with Gasteiger partial charge < -0.3 is 4.74 Å². The van der Waals surface area contributed by atoms with Crippen molar-refractivity contribution < 1.29 is 9.53 Å². The molecule has 2 aliphatic carbocycles. The number of carbonyl (C=O) groups excluding carboxylic acids is 1. The molecule has 0 N–H and O–H groups in total. The lowest BCUT2D eigenvalue weighted by molar-refractivity contribution is -0.154.